The van der Waals surface area contributed by atoms with E-state index in [2.05, 4.69) is 24.3 Å². The van der Waals surface area contributed by atoms with Gasteiger partial charge in [-0.1, -0.05) is 54.6 Å². The first-order valence-electron chi connectivity index (χ1n) is 8.38. The van der Waals surface area contributed by atoms with Crippen LogP contribution in [0, 0.1) is 0 Å². The number of anilines is 1. The highest BCUT2D eigenvalue weighted by molar-refractivity contribution is 5.97. The number of rotatable bonds is 5. The second-order valence-corrected chi connectivity index (χ2v) is 5.98. The molecule has 1 amide bonds. The molecule has 24 heavy (non-hydrogen) atoms. The van der Waals surface area contributed by atoms with Gasteiger partial charge in [0.25, 0.3) is 0 Å². The first kappa shape index (κ1) is 16.2. The van der Waals surface area contributed by atoms with Gasteiger partial charge in [-0.05, 0) is 35.6 Å². The fourth-order valence-corrected chi connectivity index (χ4v) is 3.01. The minimum atomic E-state index is 0.110. The Hall–Kier alpha value is -2.68. The Morgan fingerprint density at radius 2 is 1.67 bits per heavy atom. The van der Waals surface area contributed by atoms with Crippen LogP contribution < -0.4 is 4.90 Å². The topological polar surface area (TPSA) is 37.4 Å². The monoisotopic (exact) mass is 319 g/mol. The average Bonchev–Trinajstić information content (AvgIpc) is 2.60. The van der Waals surface area contributed by atoms with Crippen LogP contribution >= 0.6 is 0 Å². The zero-order chi connectivity index (χ0) is 16.8. The number of carbonyl (C=O) groups is 2. The second kappa shape index (κ2) is 7.73. The predicted octanol–water partition coefficient (Wildman–Crippen LogP) is 4.46. The van der Waals surface area contributed by atoms with Crippen molar-refractivity contribution in [2.75, 3.05) is 4.90 Å². The van der Waals surface area contributed by atoms with E-state index >= 15 is 0 Å². The maximum atomic E-state index is 12.8. The van der Waals surface area contributed by atoms with Crippen LogP contribution in [0.3, 0.4) is 0 Å². The van der Waals surface area contributed by atoms with Crippen molar-refractivity contribution >= 4 is 30.0 Å². The van der Waals surface area contributed by atoms with Crippen LogP contribution in [0.15, 0.2) is 48.5 Å². The molecule has 2 aromatic carbocycles. The average molecular weight is 319 g/mol. The van der Waals surface area contributed by atoms with Gasteiger partial charge in [-0.2, -0.15) is 0 Å². The van der Waals surface area contributed by atoms with Crippen LogP contribution in [-0.4, -0.2) is 12.2 Å². The van der Waals surface area contributed by atoms with Crippen molar-refractivity contribution in [1.82, 2.24) is 0 Å². The Balaban J connectivity index is 1.91. The maximum absolute atomic E-state index is 12.8. The molecule has 2 aromatic rings. The number of hydrogen-bond acceptors (Lipinski definition) is 2. The maximum Gasteiger partial charge on any atom is 0.227 e. The minimum Gasteiger partial charge on any atom is -0.307 e. The molecule has 0 aromatic heterocycles. The number of unbranched alkanes of at least 4 members (excludes halogenated alkanes) is 2. The van der Waals surface area contributed by atoms with Gasteiger partial charge in [-0.15, -0.1) is 0 Å². The summed E-state index contributed by atoms with van der Waals surface area (Å²) in [5.74, 6) is 0.110. The molecule has 0 saturated carbocycles. The van der Waals surface area contributed by atoms with E-state index in [0.717, 1.165) is 41.5 Å². The quantitative estimate of drug-likeness (QED) is 0.602. The van der Waals surface area contributed by atoms with E-state index in [4.69, 9.17) is 0 Å². The van der Waals surface area contributed by atoms with Gasteiger partial charge in [0.2, 0.25) is 5.91 Å². The highest BCUT2D eigenvalue weighted by Crippen LogP contribution is 2.29. The van der Waals surface area contributed by atoms with Gasteiger partial charge in [0.15, 0.2) is 0 Å². The highest BCUT2D eigenvalue weighted by atomic mass is 16.2. The van der Waals surface area contributed by atoms with Crippen molar-refractivity contribution in [3.05, 3.63) is 65.2 Å². The van der Waals surface area contributed by atoms with E-state index in [-0.39, 0.29) is 5.91 Å². The molecule has 3 rings (SSSR count). The molecule has 0 atom stereocenters. The van der Waals surface area contributed by atoms with Gasteiger partial charge in [0, 0.05) is 12.8 Å². The van der Waals surface area contributed by atoms with Crippen LogP contribution in [0.1, 0.15) is 42.4 Å². The third-order valence-electron chi connectivity index (χ3n) is 4.32. The van der Waals surface area contributed by atoms with Crippen molar-refractivity contribution in [1.29, 1.82) is 0 Å². The number of amides is 1. The van der Waals surface area contributed by atoms with E-state index in [1.165, 1.54) is 0 Å². The summed E-state index contributed by atoms with van der Waals surface area (Å²) in [5.41, 5.74) is 4.28. The first-order valence-corrected chi connectivity index (χ1v) is 8.38. The van der Waals surface area contributed by atoms with Crippen molar-refractivity contribution in [3.63, 3.8) is 0 Å². The lowest BCUT2D eigenvalue weighted by Gasteiger charge is -2.27. The Kier molecular flexibility index (Phi) is 5.22. The normalized spacial score (nSPS) is 14.1. The van der Waals surface area contributed by atoms with E-state index < -0.39 is 0 Å². The molecular formula is C21H21NO2. The van der Waals surface area contributed by atoms with Gasteiger partial charge < -0.3 is 9.69 Å². The van der Waals surface area contributed by atoms with Gasteiger partial charge >= 0.3 is 0 Å². The van der Waals surface area contributed by atoms with Crippen LogP contribution in [0.2, 0.25) is 0 Å². The zero-order valence-electron chi connectivity index (χ0n) is 13.7. The van der Waals surface area contributed by atoms with Crippen LogP contribution in [0.25, 0.3) is 12.2 Å². The number of hydrogen-bond donors (Lipinski definition) is 0. The Morgan fingerprint density at radius 1 is 0.958 bits per heavy atom. The van der Waals surface area contributed by atoms with Gasteiger partial charge in [-0.3, -0.25) is 4.79 Å². The lowest BCUT2D eigenvalue weighted by molar-refractivity contribution is -0.119. The molecule has 1 aliphatic heterocycles. The van der Waals surface area contributed by atoms with Crippen LogP contribution in [0.5, 0.6) is 0 Å². The molecule has 0 bridgehead atoms. The molecule has 0 saturated heterocycles. The third kappa shape index (κ3) is 3.62. The highest BCUT2D eigenvalue weighted by Gasteiger charge is 2.20. The zero-order valence-corrected chi connectivity index (χ0v) is 13.7. The van der Waals surface area contributed by atoms with E-state index in [1.807, 2.05) is 41.3 Å². The van der Waals surface area contributed by atoms with Gasteiger partial charge in [-0.25, -0.2) is 0 Å². The molecule has 122 valence electrons. The largest absolute Gasteiger partial charge is 0.307 e. The van der Waals surface area contributed by atoms with Crippen LogP contribution in [-0.2, 0) is 16.1 Å². The number of aldehydes is 1. The lowest BCUT2D eigenvalue weighted by Crippen LogP contribution is -2.31. The molecule has 3 heteroatoms. The second-order valence-electron chi connectivity index (χ2n) is 5.98. The molecule has 0 unspecified atom stereocenters. The predicted molar refractivity (Wildman–Crippen MR) is 97.5 cm³/mol. The molecule has 0 fully saturated rings. The number of benzene rings is 2. The summed E-state index contributed by atoms with van der Waals surface area (Å²) in [4.78, 5) is 25.1. The molecule has 3 nitrogen and oxygen atoms in total. The van der Waals surface area contributed by atoms with Gasteiger partial charge in [0.05, 0.1) is 12.2 Å². The summed E-state index contributed by atoms with van der Waals surface area (Å²) in [6.45, 7) is 0.573. The standard InChI is InChI=1S/C21H21NO2/c23-15-7-1-2-12-21(24)22-16-19-10-4-3-8-17(19)13-14-18-9-5-6-11-20(18)22/h3-6,8-11,13-15H,1-2,7,12,16H2/b14-13-. The fourth-order valence-electron chi connectivity index (χ4n) is 3.01. The van der Waals surface area contributed by atoms with Gasteiger partial charge in [0.1, 0.15) is 6.29 Å². The van der Waals surface area contributed by atoms with E-state index in [1.54, 1.807) is 0 Å². The fraction of sp³-hybridized carbons (Fsp3) is 0.238. The number of fused-ring (bicyclic) bond motifs is 2. The number of nitrogens with zero attached hydrogens (tertiary/aromatic N) is 1. The summed E-state index contributed by atoms with van der Waals surface area (Å²) < 4.78 is 0. The summed E-state index contributed by atoms with van der Waals surface area (Å²) in [6, 6.07) is 16.2. The number of para-hydroxylation sites is 1. The minimum absolute atomic E-state index is 0.110. The smallest absolute Gasteiger partial charge is 0.227 e. The third-order valence-corrected chi connectivity index (χ3v) is 4.32. The molecule has 0 spiro atoms. The Morgan fingerprint density at radius 3 is 2.50 bits per heavy atom. The van der Waals surface area contributed by atoms with Crippen molar-refractivity contribution in [3.8, 4) is 0 Å². The molecule has 1 aliphatic rings. The van der Waals surface area contributed by atoms with Crippen molar-refractivity contribution in [2.45, 2.75) is 32.2 Å². The number of carbonyl (C=O) groups excluding carboxylic acids is 2. The van der Waals surface area contributed by atoms with E-state index in [0.29, 0.717) is 19.4 Å². The SMILES string of the molecule is O=CCCCCC(=O)N1Cc2ccccc2/C=C\c2ccccc21. The molecule has 0 radical (unpaired) electrons. The molecular weight excluding hydrogens is 298 g/mol. The summed E-state index contributed by atoms with van der Waals surface area (Å²) in [5, 5.41) is 0. The Bertz CT molecular complexity index is 764. The lowest BCUT2D eigenvalue weighted by atomic mass is 10.0. The first-order chi connectivity index (χ1) is 11.8. The Labute approximate surface area is 142 Å². The summed E-state index contributed by atoms with van der Waals surface area (Å²) in [6.07, 6.45) is 7.59. The van der Waals surface area contributed by atoms with E-state index in [9.17, 15) is 9.59 Å². The van der Waals surface area contributed by atoms with Crippen LogP contribution in [0.4, 0.5) is 5.69 Å². The molecule has 0 aliphatic carbocycles. The summed E-state index contributed by atoms with van der Waals surface area (Å²) in [7, 11) is 0. The summed E-state index contributed by atoms with van der Waals surface area (Å²) >= 11 is 0. The molecule has 1 heterocycles. The van der Waals surface area contributed by atoms with Crippen molar-refractivity contribution < 1.29 is 9.59 Å². The molecule has 0 N–H and O–H groups in total. The van der Waals surface area contributed by atoms with Crippen molar-refractivity contribution in [2.24, 2.45) is 0 Å².